The van der Waals surface area contributed by atoms with Crippen LogP contribution < -0.4 is 48.3 Å². The molecule has 0 bridgehead atoms. The van der Waals surface area contributed by atoms with Crippen molar-refractivity contribution in [1.82, 2.24) is 42.5 Å². The first-order valence-corrected chi connectivity index (χ1v) is 22.7. The van der Waals surface area contributed by atoms with Crippen LogP contribution >= 0.6 is 11.8 Å². The third kappa shape index (κ3) is 17.7. The summed E-state index contributed by atoms with van der Waals surface area (Å²) in [5.41, 5.74) is 6.41. The van der Waals surface area contributed by atoms with Crippen LogP contribution in [0.3, 0.4) is 0 Å². The minimum absolute atomic E-state index is 0.00950. The number of carbonyl (C=O) groups excluding carboxylic acids is 8. The largest absolute Gasteiger partial charge is 0.508 e. The number of aromatic hydroxyl groups is 1. The molecule has 2 aromatic carbocycles. The van der Waals surface area contributed by atoms with E-state index in [2.05, 4.69) is 42.5 Å². The third-order valence-corrected chi connectivity index (χ3v) is 12.0. The molecule has 1 aliphatic rings. The summed E-state index contributed by atoms with van der Waals surface area (Å²) in [6.45, 7) is 7.89. The van der Waals surface area contributed by atoms with Crippen LogP contribution in [0.5, 0.6) is 5.75 Å². The number of amides is 8. The van der Waals surface area contributed by atoms with Crippen molar-refractivity contribution in [3.05, 3.63) is 65.7 Å². The van der Waals surface area contributed by atoms with Crippen LogP contribution in [-0.4, -0.2) is 124 Å². The molecule has 2 aromatic rings. The average molecular weight is 926 g/mol. The molecule has 9 atom stereocenters. The Morgan fingerprint density at radius 3 is 1.75 bits per heavy atom. The molecule has 0 spiro atoms. The van der Waals surface area contributed by atoms with Crippen LogP contribution in [0.2, 0.25) is 0 Å². The number of carboxylic acid groups (broad SMARTS) is 1. The zero-order valence-electron chi connectivity index (χ0n) is 37.3. The van der Waals surface area contributed by atoms with Crippen molar-refractivity contribution in [3.63, 3.8) is 0 Å². The average Bonchev–Trinajstić information content (AvgIpc) is 3.83. The highest BCUT2D eigenvalue weighted by Gasteiger charge is 2.36. The van der Waals surface area contributed by atoms with E-state index in [0.717, 1.165) is 0 Å². The van der Waals surface area contributed by atoms with Crippen LogP contribution in [0.1, 0.15) is 71.4 Å². The quantitative estimate of drug-likeness (QED) is 0.0559. The summed E-state index contributed by atoms with van der Waals surface area (Å²) in [4.78, 5) is 119. The minimum Gasteiger partial charge on any atom is -0.508 e. The Hall–Kier alpha value is -6.22. The van der Waals surface area contributed by atoms with E-state index in [1.54, 1.807) is 70.2 Å². The number of phenolic OH excluding ortho intramolecular Hbond substituents is 1. The summed E-state index contributed by atoms with van der Waals surface area (Å²) in [5.74, 6) is -7.01. The van der Waals surface area contributed by atoms with Gasteiger partial charge in [0.25, 0.3) is 0 Å². The van der Waals surface area contributed by atoms with E-state index in [4.69, 9.17) is 5.73 Å². The monoisotopic (exact) mass is 925 g/mol. The van der Waals surface area contributed by atoms with Crippen LogP contribution in [0, 0.1) is 11.8 Å². The van der Waals surface area contributed by atoms with Gasteiger partial charge in [0.1, 0.15) is 42.0 Å². The molecule has 0 radical (unpaired) electrons. The Kier molecular flexibility index (Phi) is 21.7. The fourth-order valence-electron chi connectivity index (χ4n) is 6.64. The van der Waals surface area contributed by atoms with E-state index < -0.39 is 127 Å². The first-order valence-electron chi connectivity index (χ1n) is 21.6. The van der Waals surface area contributed by atoms with E-state index in [-0.39, 0.29) is 18.6 Å². The fraction of sp³-hybridized carbons (Fsp3) is 0.523. The third-order valence-electron chi connectivity index (χ3n) is 11.0. The van der Waals surface area contributed by atoms with Crippen LogP contribution in [0.15, 0.2) is 54.6 Å². The van der Waals surface area contributed by atoms with Crippen molar-refractivity contribution in [2.45, 2.75) is 115 Å². The predicted octanol–water partition coefficient (Wildman–Crippen LogP) is -0.673. The topological polar surface area (TPSA) is 316 Å². The second-order valence-electron chi connectivity index (χ2n) is 16.1. The van der Waals surface area contributed by atoms with Gasteiger partial charge in [-0.2, -0.15) is 0 Å². The summed E-state index contributed by atoms with van der Waals surface area (Å²) in [7, 11) is 0. The highest BCUT2D eigenvalue weighted by molar-refractivity contribution is 7.99. The van der Waals surface area contributed by atoms with Gasteiger partial charge in [-0.3, -0.25) is 48.5 Å². The van der Waals surface area contributed by atoms with Crippen LogP contribution in [0.4, 0.5) is 0 Å². The highest BCUT2D eigenvalue weighted by Crippen LogP contribution is 2.16. The minimum atomic E-state index is -1.52. The number of hydrogen-bond donors (Lipinski definition) is 11. The van der Waals surface area contributed by atoms with E-state index in [9.17, 15) is 53.4 Å². The Morgan fingerprint density at radius 1 is 0.677 bits per heavy atom. The number of primary amides is 1. The van der Waals surface area contributed by atoms with E-state index in [0.29, 0.717) is 35.6 Å². The molecule has 1 saturated heterocycles. The molecule has 1 heterocycles. The number of benzene rings is 2. The molecule has 20 nitrogen and oxygen atoms in total. The lowest BCUT2D eigenvalue weighted by Gasteiger charge is -2.30. The van der Waals surface area contributed by atoms with Gasteiger partial charge in [0.2, 0.25) is 47.3 Å². The number of aliphatic carboxylic acids is 1. The van der Waals surface area contributed by atoms with Gasteiger partial charge in [-0.1, -0.05) is 83.0 Å². The number of hydrogen-bond acceptors (Lipinski definition) is 12. The van der Waals surface area contributed by atoms with Crippen molar-refractivity contribution in [1.29, 1.82) is 0 Å². The maximum Gasteiger partial charge on any atom is 0.303 e. The fourth-order valence-corrected chi connectivity index (χ4v) is 7.58. The summed E-state index contributed by atoms with van der Waals surface area (Å²) >= 11 is 1.52. The smallest absolute Gasteiger partial charge is 0.303 e. The predicted molar refractivity (Wildman–Crippen MR) is 241 cm³/mol. The molecule has 0 saturated carbocycles. The molecule has 8 amide bonds. The Morgan fingerprint density at radius 2 is 1.20 bits per heavy atom. The molecule has 21 heteroatoms. The van der Waals surface area contributed by atoms with Crippen LogP contribution in [-0.2, 0) is 56.0 Å². The lowest BCUT2D eigenvalue weighted by atomic mass is 9.94. The second-order valence-corrected chi connectivity index (χ2v) is 17.1. The number of nitrogens with two attached hydrogens (primary N) is 1. The Labute approximate surface area is 382 Å². The zero-order valence-corrected chi connectivity index (χ0v) is 38.1. The standard InChI is InChI=1S/C44H63N9O11S/c1-6-24(3)36(43(63)46-21-34(45)55)53-44(64)37(25(4)7-2)52-39(59)30(17-18-35(56)57)49-41(61)32(19-27-11-9-8-10-12-27)50-38(58)26(5)48-40(60)31(20-28-13-15-29(54)16-14-28)51-42(62)33-22-65-23-47-33/h8-16,24-26,30-33,36-37,47,54H,6-7,17-23H2,1-5H3,(H2,45,55)(H,46,63)(H,48,60)(H,49,61)(H,50,58)(H,51,62)(H,52,59)(H,53,64)(H,56,57)/t24-,25-,26+,30-,31-,32-,33-,36-,37-/m0/s1. The van der Waals surface area contributed by atoms with Crippen LogP contribution in [0.25, 0.3) is 0 Å². The molecule has 0 unspecified atom stereocenters. The van der Waals surface area contributed by atoms with Crippen molar-refractivity contribution in [2.24, 2.45) is 17.6 Å². The molecular weight excluding hydrogens is 863 g/mol. The lowest BCUT2D eigenvalue weighted by molar-refractivity contribution is -0.139. The number of thioether (sulfide) groups is 1. The van der Waals surface area contributed by atoms with Gasteiger partial charge in [0.15, 0.2) is 0 Å². The second kappa shape index (κ2) is 26.5. The van der Waals surface area contributed by atoms with Gasteiger partial charge in [-0.05, 0) is 48.4 Å². The Balaban J connectivity index is 1.84. The van der Waals surface area contributed by atoms with Crippen molar-refractivity contribution in [3.8, 4) is 5.75 Å². The summed E-state index contributed by atoms with van der Waals surface area (Å²) in [6.07, 6.45) is -0.200. The number of carboxylic acids is 1. The SMILES string of the molecule is CC[C@H](C)[C@H](NC(=O)[C@H](CCC(=O)O)NC(=O)[C@H](Cc1ccccc1)NC(=O)[C@@H](C)NC(=O)[C@H](Cc1ccc(O)cc1)NC(=O)[C@@H]1CSCN1)C(=O)N[C@H](C(=O)NCC(N)=O)[C@@H](C)CC. The van der Waals surface area contributed by atoms with Gasteiger partial charge in [0, 0.05) is 30.9 Å². The maximum absolute atomic E-state index is 14.1. The first kappa shape index (κ1) is 53.1. The molecule has 12 N–H and O–H groups in total. The molecule has 0 aliphatic carbocycles. The first-order chi connectivity index (χ1) is 30.8. The van der Waals surface area contributed by atoms with Crippen molar-refractivity contribution >= 4 is 65.0 Å². The van der Waals surface area contributed by atoms with Gasteiger partial charge in [0.05, 0.1) is 12.6 Å². The van der Waals surface area contributed by atoms with E-state index in [1.807, 2.05) is 0 Å². The number of nitrogens with one attached hydrogen (secondary N) is 8. The summed E-state index contributed by atoms with van der Waals surface area (Å²) < 4.78 is 0. The molecule has 356 valence electrons. The van der Waals surface area contributed by atoms with Gasteiger partial charge < -0.3 is 53.2 Å². The molecule has 1 fully saturated rings. The van der Waals surface area contributed by atoms with E-state index >= 15 is 0 Å². The van der Waals surface area contributed by atoms with E-state index in [1.165, 1.54) is 30.8 Å². The highest BCUT2D eigenvalue weighted by atomic mass is 32.2. The van der Waals surface area contributed by atoms with Crippen molar-refractivity contribution < 1.29 is 53.4 Å². The molecule has 1 aliphatic heterocycles. The number of carbonyl (C=O) groups is 9. The molecule has 3 rings (SSSR count). The lowest BCUT2D eigenvalue weighted by Crippen LogP contribution is -2.61. The summed E-state index contributed by atoms with van der Waals surface area (Å²) in [5, 5.41) is 40.6. The zero-order chi connectivity index (χ0) is 48.2. The van der Waals surface area contributed by atoms with Gasteiger partial charge in [-0.15, -0.1) is 11.8 Å². The molecule has 65 heavy (non-hydrogen) atoms. The number of rotatable bonds is 26. The number of phenols is 1. The van der Waals surface area contributed by atoms with Crippen molar-refractivity contribution in [2.75, 3.05) is 18.2 Å². The van der Waals surface area contributed by atoms with Gasteiger partial charge >= 0.3 is 5.97 Å². The van der Waals surface area contributed by atoms with Gasteiger partial charge in [-0.25, -0.2) is 0 Å². The summed E-state index contributed by atoms with van der Waals surface area (Å²) in [6, 6.07) is 6.48. The molecular formula is C44H63N9O11S. The normalized spacial score (nSPS) is 17.0. The Bertz CT molecular complexity index is 1970. The maximum atomic E-state index is 14.1. The molecule has 0 aromatic heterocycles.